The molecule has 0 spiro atoms. The Morgan fingerprint density at radius 2 is 1.71 bits per heavy atom. The average Bonchev–Trinajstić information content (AvgIpc) is 2.72. The summed E-state index contributed by atoms with van der Waals surface area (Å²) in [5.41, 5.74) is -1.77. The summed E-state index contributed by atoms with van der Waals surface area (Å²) in [4.78, 5) is 10.8. The normalized spacial score (nSPS) is 35.3. The number of hydrogen-bond donors (Lipinski definition) is 1. The first-order chi connectivity index (χ1) is 6.61. The zero-order valence-corrected chi connectivity index (χ0v) is 7.15. The van der Waals surface area contributed by atoms with E-state index in [4.69, 9.17) is 5.11 Å². The Balaban J connectivity index is 2.46. The Morgan fingerprint density at radius 1 is 1.21 bits per heavy atom. The van der Waals surface area contributed by atoms with Crippen molar-refractivity contribution in [2.45, 2.75) is 17.8 Å². The minimum absolute atomic E-state index is 0.188. The third-order valence-corrected chi connectivity index (χ3v) is 2.62. The van der Waals surface area contributed by atoms with Gasteiger partial charge in [-0.05, 0) is 5.56 Å². The third-order valence-electron chi connectivity index (χ3n) is 2.62. The zero-order valence-electron chi connectivity index (χ0n) is 7.15. The average molecular weight is 198 g/mol. The van der Waals surface area contributed by atoms with Crippen LogP contribution in [-0.4, -0.2) is 23.4 Å². The van der Waals surface area contributed by atoms with Gasteiger partial charge in [0.25, 0.3) is 0 Å². The number of carboxylic acid groups (broad SMARTS) is 1. The van der Waals surface area contributed by atoms with Gasteiger partial charge in [-0.2, -0.15) is 0 Å². The van der Waals surface area contributed by atoms with Gasteiger partial charge in [0, 0.05) is 0 Å². The van der Waals surface area contributed by atoms with E-state index in [1.807, 2.05) is 0 Å². The van der Waals surface area contributed by atoms with Crippen LogP contribution in [0.15, 0.2) is 30.3 Å². The highest BCUT2D eigenvalue weighted by atomic mass is 19.2. The number of hydrogen-bond acceptors (Lipinski definition) is 1. The van der Waals surface area contributed by atoms with E-state index in [1.165, 1.54) is 12.1 Å². The van der Waals surface area contributed by atoms with Gasteiger partial charge in [0.15, 0.2) is 17.8 Å². The summed E-state index contributed by atoms with van der Waals surface area (Å²) in [6.07, 6.45) is -3.86. The van der Waals surface area contributed by atoms with Crippen LogP contribution in [0.3, 0.4) is 0 Å². The molecule has 2 rings (SSSR count). The molecule has 74 valence electrons. The molecule has 1 N–H and O–H groups in total. The molecule has 14 heavy (non-hydrogen) atoms. The van der Waals surface area contributed by atoms with Gasteiger partial charge >= 0.3 is 5.97 Å². The number of carbonyl (C=O) groups is 1. The summed E-state index contributed by atoms with van der Waals surface area (Å²) >= 11 is 0. The van der Waals surface area contributed by atoms with Crippen LogP contribution in [0.2, 0.25) is 0 Å². The van der Waals surface area contributed by atoms with Gasteiger partial charge in [-0.25, -0.2) is 8.78 Å². The molecule has 0 amide bonds. The molecule has 1 aliphatic rings. The van der Waals surface area contributed by atoms with Crippen LogP contribution >= 0.6 is 0 Å². The van der Waals surface area contributed by atoms with Crippen molar-refractivity contribution in [3.05, 3.63) is 35.9 Å². The van der Waals surface area contributed by atoms with Crippen molar-refractivity contribution < 1.29 is 18.7 Å². The lowest BCUT2D eigenvalue weighted by atomic mass is 9.96. The van der Waals surface area contributed by atoms with E-state index in [9.17, 15) is 13.6 Å². The van der Waals surface area contributed by atoms with E-state index < -0.39 is 23.7 Å². The molecular formula is C10H8F2O2. The molecule has 2 nitrogen and oxygen atoms in total. The number of carboxylic acids is 1. The Labute approximate surface area is 79.2 Å². The molecule has 1 aromatic rings. The van der Waals surface area contributed by atoms with Crippen LogP contribution in [0, 0.1) is 0 Å². The fraction of sp³-hybridized carbons (Fsp3) is 0.300. The van der Waals surface area contributed by atoms with E-state index in [2.05, 4.69) is 0 Å². The summed E-state index contributed by atoms with van der Waals surface area (Å²) in [6, 6.07) is 7.66. The second kappa shape index (κ2) is 2.77. The predicted octanol–water partition coefficient (Wildman–Crippen LogP) is 1.70. The van der Waals surface area contributed by atoms with Crippen molar-refractivity contribution >= 4 is 5.97 Å². The molecule has 1 fully saturated rings. The van der Waals surface area contributed by atoms with Gasteiger partial charge in [0.05, 0.1) is 0 Å². The lowest BCUT2D eigenvalue weighted by Crippen LogP contribution is -2.24. The molecule has 0 heterocycles. The molecule has 0 bridgehead atoms. The molecule has 2 unspecified atom stereocenters. The van der Waals surface area contributed by atoms with Gasteiger partial charge in [-0.15, -0.1) is 0 Å². The van der Waals surface area contributed by atoms with Crippen molar-refractivity contribution in [3.63, 3.8) is 0 Å². The predicted molar refractivity (Wildman–Crippen MR) is 45.5 cm³/mol. The van der Waals surface area contributed by atoms with Crippen LogP contribution < -0.4 is 0 Å². The fourth-order valence-electron chi connectivity index (χ4n) is 1.70. The summed E-state index contributed by atoms with van der Waals surface area (Å²) in [7, 11) is 0. The van der Waals surface area contributed by atoms with E-state index in [0.717, 1.165) is 0 Å². The van der Waals surface area contributed by atoms with Crippen molar-refractivity contribution in [1.82, 2.24) is 0 Å². The van der Waals surface area contributed by atoms with Crippen molar-refractivity contribution in [2.24, 2.45) is 0 Å². The third kappa shape index (κ3) is 0.908. The second-order valence-electron chi connectivity index (χ2n) is 3.34. The van der Waals surface area contributed by atoms with Crippen molar-refractivity contribution in [3.8, 4) is 0 Å². The highest BCUT2D eigenvalue weighted by Crippen LogP contribution is 2.53. The highest BCUT2D eigenvalue weighted by molar-refractivity contribution is 5.88. The minimum Gasteiger partial charge on any atom is -0.480 e. The van der Waals surface area contributed by atoms with Crippen LogP contribution in [0.5, 0.6) is 0 Å². The Kier molecular flexibility index (Phi) is 1.80. The van der Waals surface area contributed by atoms with Crippen molar-refractivity contribution in [2.75, 3.05) is 0 Å². The minimum atomic E-state index is -1.96. The molecular weight excluding hydrogens is 190 g/mol. The van der Waals surface area contributed by atoms with Gasteiger partial charge in [0.2, 0.25) is 0 Å². The Morgan fingerprint density at radius 3 is 2.07 bits per heavy atom. The Hall–Kier alpha value is -1.45. The van der Waals surface area contributed by atoms with Gasteiger partial charge in [0.1, 0.15) is 0 Å². The van der Waals surface area contributed by atoms with Crippen LogP contribution in [0.25, 0.3) is 0 Å². The van der Waals surface area contributed by atoms with Gasteiger partial charge in [-0.3, -0.25) is 4.79 Å². The number of alkyl halides is 2. The number of halogens is 2. The van der Waals surface area contributed by atoms with Crippen LogP contribution in [0.4, 0.5) is 8.78 Å². The second-order valence-corrected chi connectivity index (χ2v) is 3.34. The molecule has 1 aromatic carbocycles. The van der Waals surface area contributed by atoms with E-state index in [-0.39, 0.29) is 5.56 Å². The largest absolute Gasteiger partial charge is 0.480 e. The van der Waals surface area contributed by atoms with Crippen LogP contribution in [-0.2, 0) is 10.2 Å². The fourth-order valence-corrected chi connectivity index (χ4v) is 1.70. The first kappa shape index (κ1) is 9.12. The standard InChI is InChI=1S/C10H8F2O2/c11-7-8(12)10(7,9(13)14)6-4-2-1-3-5-6/h1-5,7-8H,(H,13,14). The van der Waals surface area contributed by atoms with E-state index >= 15 is 0 Å². The first-order valence-corrected chi connectivity index (χ1v) is 4.19. The monoisotopic (exact) mass is 198 g/mol. The highest BCUT2D eigenvalue weighted by Gasteiger charge is 2.74. The number of benzene rings is 1. The topological polar surface area (TPSA) is 37.3 Å². The molecule has 4 heteroatoms. The molecule has 1 saturated carbocycles. The number of aliphatic carboxylic acids is 1. The van der Waals surface area contributed by atoms with Crippen LogP contribution in [0.1, 0.15) is 5.56 Å². The first-order valence-electron chi connectivity index (χ1n) is 4.19. The quantitative estimate of drug-likeness (QED) is 0.785. The van der Waals surface area contributed by atoms with Gasteiger partial charge in [-0.1, -0.05) is 30.3 Å². The lowest BCUT2D eigenvalue weighted by molar-refractivity contribution is -0.141. The SMILES string of the molecule is O=C(O)C1(c2ccccc2)C(F)C1F. The number of rotatable bonds is 2. The smallest absolute Gasteiger partial charge is 0.320 e. The maximum Gasteiger partial charge on any atom is 0.320 e. The lowest BCUT2D eigenvalue weighted by Gasteiger charge is -2.08. The molecule has 2 atom stereocenters. The summed E-state index contributed by atoms with van der Waals surface area (Å²) < 4.78 is 26.0. The molecule has 1 aliphatic carbocycles. The molecule has 0 aliphatic heterocycles. The molecule has 0 aromatic heterocycles. The van der Waals surface area contributed by atoms with Crippen molar-refractivity contribution in [1.29, 1.82) is 0 Å². The maximum atomic E-state index is 13.0. The summed E-state index contributed by atoms with van der Waals surface area (Å²) in [6.45, 7) is 0. The molecule has 0 radical (unpaired) electrons. The van der Waals surface area contributed by atoms with E-state index in [0.29, 0.717) is 0 Å². The van der Waals surface area contributed by atoms with Gasteiger partial charge < -0.3 is 5.11 Å². The maximum absolute atomic E-state index is 13.0. The molecule has 0 saturated heterocycles. The summed E-state index contributed by atoms with van der Waals surface area (Å²) in [5, 5.41) is 8.82. The van der Waals surface area contributed by atoms with E-state index in [1.54, 1.807) is 18.2 Å². The summed E-state index contributed by atoms with van der Waals surface area (Å²) in [5.74, 6) is -1.44. The zero-order chi connectivity index (χ0) is 10.3. The Bertz CT molecular complexity index is 356.